The number of carbonyl (C=O) groups is 1. The smallest absolute Gasteiger partial charge is 0.265 e. The first-order chi connectivity index (χ1) is 12.0. The Morgan fingerprint density at radius 1 is 1.60 bits per heavy atom. The van der Waals surface area contributed by atoms with Gasteiger partial charge in [0.05, 0.1) is 18.9 Å². The van der Waals surface area contributed by atoms with Gasteiger partial charge >= 0.3 is 0 Å². The number of carbonyl (C=O) groups excluding carboxylic acids is 1. The summed E-state index contributed by atoms with van der Waals surface area (Å²) >= 11 is 12.6. The number of nitrogen functional groups attached to an aromatic ring is 1. The van der Waals surface area contributed by atoms with Crippen molar-refractivity contribution < 1.29 is 14.3 Å². The van der Waals surface area contributed by atoms with E-state index in [1.165, 1.54) is 0 Å². The van der Waals surface area contributed by atoms with Crippen LogP contribution in [0.4, 0.5) is 5.82 Å². The lowest BCUT2D eigenvalue weighted by atomic mass is 10.2. The molecular formula is C16H18ClN3O3S2. The molecule has 134 valence electrons. The first-order valence-corrected chi connectivity index (χ1v) is 9.36. The van der Waals surface area contributed by atoms with Crippen molar-refractivity contribution in [1.82, 2.24) is 9.88 Å². The normalized spacial score (nSPS) is 16.8. The van der Waals surface area contributed by atoms with Crippen molar-refractivity contribution in [2.24, 2.45) is 0 Å². The predicted molar refractivity (Wildman–Crippen MR) is 102 cm³/mol. The van der Waals surface area contributed by atoms with Gasteiger partial charge in [0, 0.05) is 18.2 Å². The minimum Gasteiger partial charge on any atom is -0.495 e. The molecule has 1 saturated heterocycles. The molecule has 3 N–H and O–H groups in total. The molecule has 0 spiro atoms. The summed E-state index contributed by atoms with van der Waals surface area (Å²) in [5.74, 6) is 0.570. The minimum absolute atomic E-state index is 0.0632. The maximum atomic E-state index is 12.5. The Bertz CT molecular complexity index is 844. The van der Waals surface area contributed by atoms with Crippen LogP contribution < -0.4 is 15.8 Å². The van der Waals surface area contributed by atoms with E-state index < -0.39 is 0 Å². The lowest BCUT2D eigenvalue weighted by molar-refractivity contribution is 0.0861. The van der Waals surface area contributed by atoms with Crippen LogP contribution in [-0.2, 0) is 4.74 Å². The highest BCUT2D eigenvalue weighted by Gasteiger charge is 2.22. The van der Waals surface area contributed by atoms with Crippen LogP contribution in [0.25, 0.3) is 5.69 Å². The van der Waals surface area contributed by atoms with Crippen molar-refractivity contribution in [1.29, 1.82) is 0 Å². The topological polar surface area (TPSA) is 78.5 Å². The molecule has 1 amide bonds. The summed E-state index contributed by atoms with van der Waals surface area (Å²) in [5.41, 5.74) is 6.81. The number of anilines is 1. The van der Waals surface area contributed by atoms with Crippen LogP contribution in [0.15, 0.2) is 18.2 Å². The molecule has 1 aliphatic rings. The molecule has 6 nitrogen and oxygen atoms in total. The van der Waals surface area contributed by atoms with Gasteiger partial charge in [-0.25, -0.2) is 0 Å². The van der Waals surface area contributed by atoms with Gasteiger partial charge in [-0.3, -0.25) is 9.36 Å². The summed E-state index contributed by atoms with van der Waals surface area (Å²) in [6.45, 7) is 1.20. The number of hydrogen-bond donors (Lipinski definition) is 2. The van der Waals surface area contributed by atoms with E-state index in [0.29, 0.717) is 31.8 Å². The molecule has 1 fully saturated rings. The summed E-state index contributed by atoms with van der Waals surface area (Å²) < 4.78 is 12.9. The van der Waals surface area contributed by atoms with Crippen molar-refractivity contribution in [2.45, 2.75) is 18.9 Å². The molecular weight excluding hydrogens is 382 g/mol. The Morgan fingerprint density at radius 2 is 2.40 bits per heavy atom. The van der Waals surface area contributed by atoms with Gasteiger partial charge in [0.2, 0.25) is 0 Å². The van der Waals surface area contributed by atoms with E-state index in [2.05, 4.69) is 5.32 Å². The molecule has 0 aliphatic carbocycles. The van der Waals surface area contributed by atoms with E-state index in [1.54, 1.807) is 29.9 Å². The van der Waals surface area contributed by atoms with Crippen LogP contribution >= 0.6 is 35.2 Å². The fourth-order valence-electron chi connectivity index (χ4n) is 2.71. The maximum absolute atomic E-state index is 12.5. The Labute approximate surface area is 159 Å². The lowest BCUT2D eigenvalue weighted by Crippen LogP contribution is -2.31. The van der Waals surface area contributed by atoms with E-state index >= 15 is 0 Å². The number of nitrogens with one attached hydrogen (secondary N) is 1. The lowest BCUT2D eigenvalue weighted by Gasteiger charge is -2.12. The molecule has 0 bridgehead atoms. The Morgan fingerprint density at radius 3 is 3.08 bits per heavy atom. The number of nitrogens with two attached hydrogens (primary N) is 1. The minimum atomic E-state index is -0.260. The molecule has 1 atom stereocenters. The monoisotopic (exact) mass is 399 g/mol. The third-order valence-electron chi connectivity index (χ3n) is 3.95. The van der Waals surface area contributed by atoms with Gasteiger partial charge in [0.15, 0.2) is 3.95 Å². The van der Waals surface area contributed by atoms with Gasteiger partial charge in [0.25, 0.3) is 5.91 Å². The van der Waals surface area contributed by atoms with Crippen LogP contribution in [-0.4, -0.2) is 36.8 Å². The zero-order valence-corrected chi connectivity index (χ0v) is 16.0. The summed E-state index contributed by atoms with van der Waals surface area (Å²) in [6.07, 6.45) is 2.03. The average molecular weight is 400 g/mol. The van der Waals surface area contributed by atoms with E-state index in [0.717, 1.165) is 30.8 Å². The highest BCUT2D eigenvalue weighted by atomic mass is 35.5. The van der Waals surface area contributed by atoms with E-state index in [-0.39, 0.29) is 17.8 Å². The molecule has 1 aromatic heterocycles. The summed E-state index contributed by atoms with van der Waals surface area (Å²) in [7, 11) is 1.55. The highest BCUT2D eigenvalue weighted by Crippen LogP contribution is 2.33. The van der Waals surface area contributed by atoms with Gasteiger partial charge in [-0.05, 0) is 43.3 Å². The summed E-state index contributed by atoms with van der Waals surface area (Å²) in [4.78, 5) is 12.9. The van der Waals surface area contributed by atoms with E-state index in [4.69, 9.17) is 39.0 Å². The highest BCUT2D eigenvalue weighted by molar-refractivity contribution is 7.73. The SMILES string of the molecule is COc1ccc(Cl)cc1-n1c(N)c(C(=O)NC[C@H]2CCCO2)sc1=S. The van der Waals surface area contributed by atoms with E-state index in [9.17, 15) is 4.79 Å². The standard InChI is InChI=1S/C16H18ClN3O3S2/c1-22-12-5-4-9(17)7-11(12)20-14(18)13(25-16(20)24)15(21)19-8-10-3-2-6-23-10/h4-5,7,10H,2-3,6,8,18H2,1H3,(H,19,21)/t10-/m1/s1. The molecule has 3 rings (SSSR count). The van der Waals surface area contributed by atoms with Crippen LogP contribution in [0.3, 0.4) is 0 Å². The Balaban J connectivity index is 1.89. The summed E-state index contributed by atoms with van der Waals surface area (Å²) in [6, 6.07) is 5.15. The number of rotatable bonds is 5. The molecule has 1 aromatic carbocycles. The Kier molecular flexibility index (Phi) is 5.63. The quantitative estimate of drug-likeness (QED) is 0.753. The molecule has 0 saturated carbocycles. The van der Waals surface area contributed by atoms with Crippen molar-refractivity contribution >= 4 is 46.9 Å². The van der Waals surface area contributed by atoms with Gasteiger partial charge in [-0.1, -0.05) is 22.9 Å². The maximum Gasteiger partial charge on any atom is 0.265 e. The van der Waals surface area contributed by atoms with Gasteiger partial charge < -0.3 is 20.5 Å². The first-order valence-electron chi connectivity index (χ1n) is 7.76. The molecule has 0 radical (unpaired) electrons. The molecule has 25 heavy (non-hydrogen) atoms. The predicted octanol–water partition coefficient (Wildman–Crippen LogP) is 3.42. The van der Waals surface area contributed by atoms with Gasteiger partial charge in [0.1, 0.15) is 16.4 Å². The number of nitrogens with zero attached hydrogens (tertiary/aromatic N) is 1. The first kappa shape index (κ1) is 18.2. The second-order valence-electron chi connectivity index (χ2n) is 5.58. The zero-order chi connectivity index (χ0) is 18.0. The van der Waals surface area contributed by atoms with Crippen molar-refractivity contribution in [3.63, 3.8) is 0 Å². The van der Waals surface area contributed by atoms with Gasteiger partial charge in [-0.2, -0.15) is 0 Å². The molecule has 1 aliphatic heterocycles. The average Bonchev–Trinajstić information content (AvgIpc) is 3.20. The number of benzene rings is 1. The second-order valence-corrected chi connectivity index (χ2v) is 7.66. The van der Waals surface area contributed by atoms with Crippen molar-refractivity contribution in [3.05, 3.63) is 32.1 Å². The molecule has 9 heteroatoms. The van der Waals surface area contributed by atoms with Crippen molar-refractivity contribution in [2.75, 3.05) is 26.0 Å². The van der Waals surface area contributed by atoms with Gasteiger partial charge in [-0.15, -0.1) is 0 Å². The number of hydrogen-bond acceptors (Lipinski definition) is 6. The molecule has 2 aromatic rings. The number of halogens is 1. The van der Waals surface area contributed by atoms with Crippen LogP contribution in [0, 0.1) is 3.95 Å². The fraction of sp³-hybridized carbons (Fsp3) is 0.375. The molecule has 2 heterocycles. The number of methoxy groups -OCH3 is 1. The number of thiazole rings is 1. The van der Waals surface area contributed by atoms with Crippen LogP contribution in [0.2, 0.25) is 5.02 Å². The van der Waals surface area contributed by atoms with Crippen molar-refractivity contribution in [3.8, 4) is 11.4 Å². The second kappa shape index (κ2) is 7.74. The number of aromatic nitrogens is 1. The molecule has 0 unspecified atom stereocenters. The van der Waals surface area contributed by atoms with E-state index in [1.807, 2.05) is 0 Å². The van der Waals surface area contributed by atoms with Crippen LogP contribution in [0.5, 0.6) is 5.75 Å². The van der Waals surface area contributed by atoms with Crippen LogP contribution in [0.1, 0.15) is 22.5 Å². The largest absolute Gasteiger partial charge is 0.495 e. The third kappa shape index (κ3) is 3.82. The summed E-state index contributed by atoms with van der Waals surface area (Å²) in [5, 5.41) is 3.38. The number of amides is 1. The fourth-order valence-corrected chi connectivity index (χ4v) is 4.14. The zero-order valence-electron chi connectivity index (χ0n) is 13.6. The number of ether oxygens (including phenoxy) is 2. The Hall–Kier alpha value is -1.61. The third-order valence-corrected chi connectivity index (χ3v) is 5.57.